The highest BCUT2D eigenvalue weighted by Crippen LogP contribution is 2.46. The smallest absolute Gasteiger partial charge is 0.237 e. The molecule has 1 saturated heterocycles. The summed E-state index contributed by atoms with van der Waals surface area (Å²) in [6, 6.07) is 5.10. The van der Waals surface area contributed by atoms with E-state index in [9.17, 15) is 4.79 Å². The Hall–Kier alpha value is -2.60. The van der Waals surface area contributed by atoms with E-state index in [4.69, 9.17) is 0 Å². The lowest BCUT2D eigenvalue weighted by molar-refractivity contribution is -0.122. The minimum Gasteiger partial charge on any atom is -0.353 e. The lowest BCUT2D eigenvalue weighted by Crippen LogP contribution is -2.38. The quantitative estimate of drug-likeness (QED) is 0.673. The molecule has 4 heterocycles. The van der Waals surface area contributed by atoms with Crippen LogP contribution in [0.2, 0.25) is 0 Å². The van der Waals surface area contributed by atoms with E-state index < -0.39 is 5.41 Å². The number of hydrogen-bond acceptors (Lipinski definition) is 3. The van der Waals surface area contributed by atoms with Gasteiger partial charge in [-0.2, -0.15) is 5.10 Å². The maximum absolute atomic E-state index is 13.4. The lowest BCUT2D eigenvalue weighted by atomic mass is 9.85. The van der Waals surface area contributed by atoms with Crippen molar-refractivity contribution in [3.8, 4) is 11.4 Å². The van der Waals surface area contributed by atoms with Crippen LogP contribution < -0.4 is 4.90 Å². The summed E-state index contributed by atoms with van der Waals surface area (Å²) in [5.41, 5.74) is 7.83. The van der Waals surface area contributed by atoms with Gasteiger partial charge in [0.1, 0.15) is 0 Å². The van der Waals surface area contributed by atoms with E-state index in [1.807, 2.05) is 6.20 Å². The van der Waals surface area contributed by atoms with Crippen molar-refractivity contribution < 1.29 is 4.79 Å². The lowest BCUT2D eigenvalue weighted by Gasteiger charge is -2.25. The number of fused-ring (bicyclic) bond motifs is 6. The van der Waals surface area contributed by atoms with Crippen molar-refractivity contribution in [2.24, 2.45) is 0 Å². The van der Waals surface area contributed by atoms with Gasteiger partial charge < -0.3 is 14.8 Å². The van der Waals surface area contributed by atoms with Crippen LogP contribution in [0.4, 0.5) is 5.69 Å². The minimum atomic E-state index is -0.493. The Morgan fingerprint density at radius 1 is 1.19 bits per heavy atom. The summed E-state index contributed by atoms with van der Waals surface area (Å²) in [5.74, 6) is 0.234. The number of carbonyl (C=O) groups is 1. The number of aryl methyl sites for hydroxylation is 2. The zero-order valence-electron chi connectivity index (χ0n) is 18.7. The van der Waals surface area contributed by atoms with E-state index in [0.717, 1.165) is 54.7 Å². The second-order valence-corrected chi connectivity index (χ2v) is 10.2. The largest absolute Gasteiger partial charge is 0.353 e. The molecule has 2 aromatic heterocycles. The number of aromatic nitrogens is 3. The first kappa shape index (κ1) is 19.1. The molecular weight excluding hydrogens is 386 g/mol. The summed E-state index contributed by atoms with van der Waals surface area (Å²) < 4.78 is 0. The predicted molar refractivity (Wildman–Crippen MR) is 124 cm³/mol. The molecule has 6 heteroatoms. The zero-order chi connectivity index (χ0) is 21.3. The van der Waals surface area contributed by atoms with Gasteiger partial charge in [-0.1, -0.05) is 0 Å². The molecule has 0 radical (unpaired) electrons. The molecule has 6 nitrogen and oxygen atoms in total. The Balaban J connectivity index is 1.44. The molecule has 3 aliphatic rings. The molecule has 0 saturated carbocycles. The number of nitrogens with one attached hydrogen (secondary N) is 2. The number of likely N-dealkylation sites (tertiary alicyclic amines) is 1. The first-order valence-electron chi connectivity index (χ1n) is 11.7. The van der Waals surface area contributed by atoms with Crippen molar-refractivity contribution in [2.45, 2.75) is 63.8 Å². The van der Waals surface area contributed by atoms with E-state index in [1.54, 1.807) is 0 Å². The monoisotopic (exact) mass is 417 g/mol. The van der Waals surface area contributed by atoms with Gasteiger partial charge in [0.15, 0.2) is 0 Å². The van der Waals surface area contributed by atoms with Gasteiger partial charge in [-0.05, 0) is 94.8 Å². The number of carbonyl (C=O) groups excluding carboxylic acids is 1. The molecular formula is C25H31N5O. The topological polar surface area (TPSA) is 68.0 Å². The molecule has 2 N–H and O–H groups in total. The Bertz CT molecular complexity index is 1190. The summed E-state index contributed by atoms with van der Waals surface area (Å²) in [4.78, 5) is 21.6. The van der Waals surface area contributed by atoms with E-state index in [1.165, 1.54) is 41.6 Å². The number of anilines is 1. The first-order valence-corrected chi connectivity index (χ1v) is 11.7. The number of rotatable bonds is 3. The van der Waals surface area contributed by atoms with Gasteiger partial charge in [-0.3, -0.25) is 9.89 Å². The molecule has 0 bridgehead atoms. The molecule has 31 heavy (non-hydrogen) atoms. The summed E-state index contributed by atoms with van der Waals surface area (Å²) in [6.45, 7) is 6.12. The van der Waals surface area contributed by atoms with Gasteiger partial charge in [0, 0.05) is 29.2 Å². The van der Waals surface area contributed by atoms with Crippen LogP contribution in [0.1, 0.15) is 56.2 Å². The second-order valence-electron chi connectivity index (χ2n) is 10.2. The van der Waals surface area contributed by atoms with Crippen molar-refractivity contribution >= 4 is 22.5 Å². The molecule has 0 spiro atoms. The van der Waals surface area contributed by atoms with Crippen molar-refractivity contribution in [1.82, 2.24) is 20.1 Å². The summed E-state index contributed by atoms with van der Waals surface area (Å²) in [6.07, 6.45) is 8.71. The van der Waals surface area contributed by atoms with Crippen LogP contribution in [-0.2, 0) is 23.1 Å². The number of hydrogen-bond donors (Lipinski definition) is 2. The normalized spacial score (nSPS) is 22.6. The first-order chi connectivity index (χ1) is 14.9. The number of H-pyrrole nitrogens is 2. The zero-order valence-corrected chi connectivity index (χ0v) is 18.7. The fraction of sp³-hybridized carbons (Fsp3) is 0.520. The van der Waals surface area contributed by atoms with Gasteiger partial charge in [0.2, 0.25) is 5.91 Å². The Labute approximate surface area is 183 Å². The second kappa shape index (κ2) is 6.70. The summed E-state index contributed by atoms with van der Waals surface area (Å²) >= 11 is 0. The summed E-state index contributed by atoms with van der Waals surface area (Å²) in [7, 11) is 2.21. The average molecular weight is 418 g/mol. The van der Waals surface area contributed by atoms with Crippen LogP contribution in [0.3, 0.4) is 0 Å². The van der Waals surface area contributed by atoms with Crippen LogP contribution in [-0.4, -0.2) is 52.2 Å². The van der Waals surface area contributed by atoms with Crippen molar-refractivity contribution in [2.75, 3.05) is 25.0 Å². The van der Waals surface area contributed by atoms with E-state index >= 15 is 0 Å². The van der Waals surface area contributed by atoms with E-state index in [0.29, 0.717) is 6.04 Å². The summed E-state index contributed by atoms with van der Waals surface area (Å²) in [5, 5.41) is 8.75. The fourth-order valence-corrected chi connectivity index (χ4v) is 6.06. The highest BCUT2D eigenvalue weighted by atomic mass is 16.2. The Morgan fingerprint density at radius 2 is 2.06 bits per heavy atom. The number of aromatic amines is 2. The van der Waals surface area contributed by atoms with Gasteiger partial charge in [0.05, 0.1) is 23.0 Å². The highest BCUT2D eigenvalue weighted by Gasteiger charge is 2.44. The van der Waals surface area contributed by atoms with Crippen molar-refractivity contribution in [1.29, 1.82) is 0 Å². The fourth-order valence-electron chi connectivity index (χ4n) is 6.06. The third-order valence-corrected chi connectivity index (χ3v) is 7.96. The third-order valence-electron chi connectivity index (χ3n) is 7.96. The molecule has 1 unspecified atom stereocenters. The molecule has 1 aromatic carbocycles. The van der Waals surface area contributed by atoms with Crippen molar-refractivity contribution in [3.05, 3.63) is 35.0 Å². The molecule has 1 atom stereocenters. The van der Waals surface area contributed by atoms with Gasteiger partial charge in [0.25, 0.3) is 0 Å². The minimum absolute atomic E-state index is 0.234. The number of nitrogens with zero attached hydrogens (tertiary/aromatic N) is 3. The molecule has 6 rings (SSSR count). The van der Waals surface area contributed by atoms with Crippen LogP contribution >= 0.6 is 0 Å². The van der Waals surface area contributed by atoms with Crippen molar-refractivity contribution in [3.63, 3.8) is 0 Å². The van der Waals surface area contributed by atoms with Gasteiger partial charge in [-0.15, -0.1) is 0 Å². The van der Waals surface area contributed by atoms with E-state index in [-0.39, 0.29) is 5.91 Å². The third kappa shape index (κ3) is 2.73. The standard InChI is InChI=1S/C25H31N5O/c1-25(2)19-13-20-18(17-8-4-6-15-14-26-28-22(15)23(17)27-20)12-21(19)30(24(25)31)11-9-16-7-5-10-29(16)3/h12-14,16,27H,4-11H2,1-3H3,(H,26,28). The molecule has 3 aromatic rings. The predicted octanol–water partition coefficient (Wildman–Crippen LogP) is 4.16. The van der Waals surface area contributed by atoms with Crippen LogP contribution in [0, 0.1) is 0 Å². The van der Waals surface area contributed by atoms with Crippen LogP contribution in [0.5, 0.6) is 0 Å². The van der Waals surface area contributed by atoms with Gasteiger partial charge in [-0.25, -0.2) is 0 Å². The number of benzene rings is 1. The highest BCUT2D eigenvalue weighted by molar-refractivity contribution is 6.10. The maximum Gasteiger partial charge on any atom is 0.237 e. The van der Waals surface area contributed by atoms with Gasteiger partial charge >= 0.3 is 0 Å². The average Bonchev–Trinajstić information content (AvgIpc) is 3.47. The molecule has 2 aliphatic heterocycles. The number of amides is 1. The maximum atomic E-state index is 13.4. The SMILES string of the molecule is CN1CCCC1CCN1C(=O)C(C)(C)c2cc3[nH]c4c(c3cc21)CCCc1cn[nH]c1-4. The molecule has 1 amide bonds. The van der Waals surface area contributed by atoms with Crippen LogP contribution in [0.25, 0.3) is 22.3 Å². The molecule has 162 valence electrons. The van der Waals surface area contributed by atoms with Crippen LogP contribution in [0.15, 0.2) is 18.3 Å². The molecule has 1 fully saturated rings. The Kier molecular flexibility index (Phi) is 4.13. The van der Waals surface area contributed by atoms with E-state index in [2.05, 4.69) is 58.0 Å². The Morgan fingerprint density at radius 3 is 2.87 bits per heavy atom. The molecule has 1 aliphatic carbocycles.